The molecule has 0 bridgehead atoms. The van der Waals surface area contributed by atoms with E-state index in [1.165, 1.54) is 17.0 Å². The summed E-state index contributed by atoms with van der Waals surface area (Å²) in [5.41, 5.74) is 1.57. The van der Waals surface area contributed by atoms with Crippen molar-refractivity contribution in [1.82, 2.24) is 14.9 Å². The van der Waals surface area contributed by atoms with E-state index in [0.29, 0.717) is 60.4 Å². The van der Waals surface area contributed by atoms with E-state index in [-0.39, 0.29) is 23.0 Å². The van der Waals surface area contributed by atoms with Gasteiger partial charge in [-0.2, -0.15) is 0 Å². The number of halogens is 1. The summed E-state index contributed by atoms with van der Waals surface area (Å²) in [6, 6.07) is 19.4. The van der Waals surface area contributed by atoms with Gasteiger partial charge in [-0.3, -0.25) is 4.79 Å². The highest BCUT2D eigenvalue weighted by atomic mass is 19.1. The van der Waals surface area contributed by atoms with Crippen molar-refractivity contribution in [2.75, 3.05) is 55.9 Å². The lowest BCUT2D eigenvalue weighted by Gasteiger charge is -2.29. The standard InChI is InChI=1S/C35H35FN6O5/c1-35(2,45)30-14-13-29(47-30)22-7-11-26-28(19-22)39-31(40-32(26)42-15-17-46-18-16-42)25-12-10-24(20-27(25)36)38-34(44)37-23-8-5-21(6-9-23)33(43)41(3)4/h5-14,19-20,45H,15-18H2,1-4H3,(H2,37,38,44). The van der Waals surface area contributed by atoms with Gasteiger partial charge in [-0.05, 0) is 80.6 Å². The molecule has 0 unspecified atom stereocenters. The number of anilines is 3. The number of hydrogen-bond donors (Lipinski definition) is 3. The Morgan fingerprint density at radius 1 is 0.915 bits per heavy atom. The Bertz CT molecular complexity index is 1950. The monoisotopic (exact) mass is 638 g/mol. The molecule has 47 heavy (non-hydrogen) atoms. The Morgan fingerprint density at radius 2 is 1.62 bits per heavy atom. The lowest BCUT2D eigenvalue weighted by Crippen LogP contribution is -2.37. The number of aromatic nitrogens is 2. The SMILES string of the molecule is CN(C)C(=O)c1ccc(NC(=O)Nc2ccc(-c3nc(N4CCOCC4)c4ccc(-c5ccc(C(C)(C)O)o5)cc4n3)c(F)c2)cc1. The second-order valence-corrected chi connectivity index (χ2v) is 12.0. The van der Waals surface area contributed by atoms with Crippen molar-refractivity contribution >= 4 is 40.0 Å². The summed E-state index contributed by atoms with van der Waals surface area (Å²) in [5, 5.41) is 16.5. The van der Waals surface area contributed by atoms with Crippen LogP contribution >= 0.6 is 0 Å². The number of fused-ring (bicyclic) bond motifs is 1. The molecule has 0 atom stereocenters. The van der Waals surface area contributed by atoms with Gasteiger partial charge in [0.15, 0.2) is 5.82 Å². The number of benzene rings is 3. The number of rotatable bonds is 7. The average Bonchev–Trinajstić information content (AvgIpc) is 3.56. The molecule has 6 rings (SSSR count). The molecule has 0 radical (unpaired) electrons. The number of carbonyl (C=O) groups is 2. The van der Waals surface area contributed by atoms with Gasteiger partial charge >= 0.3 is 6.03 Å². The maximum atomic E-state index is 15.7. The molecule has 0 aliphatic carbocycles. The van der Waals surface area contributed by atoms with Crippen molar-refractivity contribution in [3.8, 4) is 22.7 Å². The topological polar surface area (TPSA) is 133 Å². The molecule has 3 aromatic carbocycles. The van der Waals surface area contributed by atoms with E-state index < -0.39 is 17.4 Å². The third-order valence-electron chi connectivity index (χ3n) is 7.74. The van der Waals surface area contributed by atoms with Crippen molar-refractivity contribution in [2.45, 2.75) is 19.4 Å². The fourth-order valence-corrected chi connectivity index (χ4v) is 5.25. The largest absolute Gasteiger partial charge is 0.458 e. The predicted molar refractivity (Wildman–Crippen MR) is 178 cm³/mol. The number of furan rings is 1. The summed E-state index contributed by atoms with van der Waals surface area (Å²) >= 11 is 0. The van der Waals surface area contributed by atoms with Crippen LogP contribution in [0.1, 0.15) is 30.0 Å². The van der Waals surface area contributed by atoms with Crippen LogP contribution in [-0.2, 0) is 10.3 Å². The molecular weight excluding hydrogens is 603 g/mol. The van der Waals surface area contributed by atoms with E-state index in [1.807, 2.05) is 18.2 Å². The smallest absolute Gasteiger partial charge is 0.323 e. The van der Waals surface area contributed by atoms with Crippen LogP contribution in [0.15, 0.2) is 77.2 Å². The Labute approximate surface area is 271 Å². The van der Waals surface area contributed by atoms with Gasteiger partial charge in [0.1, 0.15) is 28.8 Å². The highest BCUT2D eigenvalue weighted by Gasteiger charge is 2.23. The fourth-order valence-electron chi connectivity index (χ4n) is 5.25. The van der Waals surface area contributed by atoms with Crippen molar-refractivity contribution in [1.29, 1.82) is 0 Å². The zero-order valence-electron chi connectivity index (χ0n) is 26.5. The molecule has 2 aromatic heterocycles. The Hall–Kier alpha value is -5.33. The highest BCUT2D eigenvalue weighted by Crippen LogP contribution is 2.34. The maximum absolute atomic E-state index is 15.7. The highest BCUT2D eigenvalue weighted by molar-refractivity contribution is 6.01. The zero-order valence-corrected chi connectivity index (χ0v) is 26.5. The number of urea groups is 1. The molecule has 1 aliphatic rings. The number of ether oxygens (including phenoxy) is 1. The van der Waals surface area contributed by atoms with Crippen molar-refractivity contribution in [2.24, 2.45) is 0 Å². The normalized spacial score (nSPS) is 13.4. The lowest BCUT2D eigenvalue weighted by molar-refractivity contribution is 0.0548. The lowest BCUT2D eigenvalue weighted by atomic mass is 10.1. The van der Waals surface area contributed by atoms with Crippen LogP contribution in [0.3, 0.4) is 0 Å². The molecule has 5 aromatic rings. The average molecular weight is 639 g/mol. The first-order valence-electron chi connectivity index (χ1n) is 15.1. The summed E-state index contributed by atoms with van der Waals surface area (Å²) in [6.07, 6.45) is 0. The number of hydrogen-bond acceptors (Lipinski definition) is 8. The van der Waals surface area contributed by atoms with Gasteiger partial charge in [0.2, 0.25) is 0 Å². The van der Waals surface area contributed by atoms with Gasteiger partial charge in [0.05, 0.1) is 24.3 Å². The molecule has 1 saturated heterocycles. The van der Waals surface area contributed by atoms with Crippen LogP contribution < -0.4 is 15.5 Å². The zero-order chi connectivity index (χ0) is 33.3. The molecule has 0 saturated carbocycles. The van der Waals surface area contributed by atoms with Crippen molar-refractivity contribution < 1.29 is 28.2 Å². The summed E-state index contributed by atoms with van der Waals surface area (Å²) < 4.78 is 27.2. The van der Waals surface area contributed by atoms with E-state index >= 15 is 4.39 Å². The first-order valence-corrected chi connectivity index (χ1v) is 15.1. The van der Waals surface area contributed by atoms with Crippen LogP contribution in [0.5, 0.6) is 0 Å². The molecule has 3 amide bonds. The third-order valence-corrected chi connectivity index (χ3v) is 7.74. The minimum absolute atomic E-state index is 0.150. The van der Waals surface area contributed by atoms with Crippen LogP contribution in [-0.4, -0.2) is 72.3 Å². The number of amides is 3. The van der Waals surface area contributed by atoms with Gasteiger partial charge in [0.25, 0.3) is 5.91 Å². The predicted octanol–water partition coefficient (Wildman–Crippen LogP) is 6.11. The molecule has 0 spiro atoms. The van der Waals surface area contributed by atoms with Crippen LogP contribution in [0.4, 0.5) is 26.4 Å². The number of carbonyl (C=O) groups excluding carboxylic acids is 2. The Balaban J connectivity index is 1.28. The summed E-state index contributed by atoms with van der Waals surface area (Å²) in [5.74, 6) is 1.09. The number of nitrogens with zero attached hydrogens (tertiary/aromatic N) is 4. The second-order valence-electron chi connectivity index (χ2n) is 12.0. The molecule has 12 heteroatoms. The third kappa shape index (κ3) is 6.93. The van der Waals surface area contributed by atoms with Gasteiger partial charge in [-0.25, -0.2) is 19.2 Å². The molecule has 3 N–H and O–H groups in total. The van der Waals surface area contributed by atoms with Crippen LogP contribution in [0.25, 0.3) is 33.6 Å². The molecule has 1 fully saturated rings. The van der Waals surface area contributed by atoms with E-state index in [2.05, 4.69) is 15.5 Å². The minimum atomic E-state index is -1.13. The van der Waals surface area contributed by atoms with E-state index in [0.717, 1.165) is 10.9 Å². The van der Waals surface area contributed by atoms with Gasteiger partial charge in [-0.1, -0.05) is 6.07 Å². The molecule has 242 valence electrons. The number of nitrogens with one attached hydrogen (secondary N) is 2. The Morgan fingerprint density at radius 3 is 2.28 bits per heavy atom. The number of morpholine rings is 1. The second kappa shape index (κ2) is 12.8. The van der Waals surface area contributed by atoms with E-state index in [4.69, 9.17) is 19.1 Å². The minimum Gasteiger partial charge on any atom is -0.458 e. The van der Waals surface area contributed by atoms with Crippen LogP contribution in [0.2, 0.25) is 0 Å². The van der Waals surface area contributed by atoms with E-state index in [9.17, 15) is 14.7 Å². The van der Waals surface area contributed by atoms with Gasteiger partial charge in [0, 0.05) is 55.1 Å². The van der Waals surface area contributed by atoms with Crippen LogP contribution in [0, 0.1) is 5.82 Å². The maximum Gasteiger partial charge on any atom is 0.323 e. The summed E-state index contributed by atoms with van der Waals surface area (Å²) in [6.45, 7) is 5.63. The first-order chi connectivity index (χ1) is 22.5. The molecule has 11 nitrogen and oxygen atoms in total. The van der Waals surface area contributed by atoms with E-state index in [1.54, 1.807) is 70.4 Å². The van der Waals surface area contributed by atoms with Crippen molar-refractivity contribution in [3.63, 3.8) is 0 Å². The van der Waals surface area contributed by atoms with Crippen molar-refractivity contribution in [3.05, 3.63) is 89.9 Å². The summed E-state index contributed by atoms with van der Waals surface area (Å²) in [7, 11) is 3.32. The fraction of sp³-hybridized carbons (Fsp3) is 0.257. The van der Waals surface area contributed by atoms with Gasteiger partial charge < -0.3 is 34.7 Å². The summed E-state index contributed by atoms with van der Waals surface area (Å²) in [4.78, 5) is 37.9. The Kier molecular flexibility index (Phi) is 8.63. The first kappa shape index (κ1) is 31.6. The quantitative estimate of drug-likeness (QED) is 0.195. The number of aliphatic hydroxyl groups is 1. The molecular formula is C35H35FN6O5. The van der Waals surface area contributed by atoms with Gasteiger partial charge in [-0.15, -0.1) is 0 Å². The molecule has 3 heterocycles. The molecule has 1 aliphatic heterocycles.